The molecule has 1 aliphatic rings. The van der Waals surface area contributed by atoms with E-state index in [-0.39, 0.29) is 11.4 Å². The maximum atomic E-state index is 14.0. The molecule has 0 saturated carbocycles. The molecule has 0 radical (unpaired) electrons. The van der Waals surface area contributed by atoms with Gasteiger partial charge in [-0.2, -0.15) is 0 Å². The minimum absolute atomic E-state index is 0.102. The summed E-state index contributed by atoms with van der Waals surface area (Å²) in [6, 6.07) is 17.6. The van der Waals surface area contributed by atoms with Crippen LogP contribution in [0.4, 0.5) is 4.39 Å². The first-order valence-corrected chi connectivity index (χ1v) is 9.04. The van der Waals surface area contributed by atoms with Gasteiger partial charge in [0.2, 0.25) is 0 Å². The summed E-state index contributed by atoms with van der Waals surface area (Å²) in [5.74, 6) is -0.140. The number of hydrogen-bond donors (Lipinski definition) is 1. The second-order valence-electron chi connectivity index (χ2n) is 7.18. The molecule has 1 atom stereocenters. The summed E-state index contributed by atoms with van der Waals surface area (Å²) in [5.41, 5.74) is 8.18. The highest BCUT2D eigenvalue weighted by atomic mass is 19.1. The van der Waals surface area contributed by atoms with E-state index in [0.717, 1.165) is 38.0 Å². The quantitative estimate of drug-likeness (QED) is 0.875. The van der Waals surface area contributed by atoms with Crippen molar-refractivity contribution in [2.45, 2.75) is 31.5 Å². The van der Waals surface area contributed by atoms with Gasteiger partial charge in [-0.15, -0.1) is 0 Å². The third-order valence-corrected chi connectivity index (χ3v) is 5.44. The molecule has 1 fully saturated rings. The number of benzene rings is 2. The molecule has 0 amide bonds. The Kier molecular flexibility index (Phi) is 5.84. The fourth-order valence-electron chi connectivity index (χ4n) is 3.87. The van der Waals surface area contributed by atoms with Gasteiger partial charge in [0.25, 0.3) is 0 Å². The van der Waals surface area contributed by atoms with Gasteiger partial charge in [-0.1, -0.05) is 48.5 Å². The Morgan fingerprint density at radius 2 is 1.84 bits per heavy atom. The molecule has 0 bridgehead atoms. The number of nitrogens with two attached hydrogens (primary N) is 1. The first kappa shape index (κ1) is 18.1. The van der Waals surface area contributed by atoms with Crippen molar-refractivity contribution in [2.75, 3.05) is 26.7 Å². The molecular weight excluding hydrogens is 313 g/mol. The van der Waals surface area contributed by atoms with Crippen LogP contribution >= 0.6 is 0 Å². The molecule has 0 aromatic heterocycles. The van der Waals surface area contributed by atoms with E-state index >= 15 is 0 Å². The van der Waals surface area contributed by atoms with Gasteiger partial charge in [0, 0.05) is 37.3 Å². The van der Waals surface area contributed by atoms with Crippen LogP contribution in [0.15, 0.2) is 54.6 Å². The highest BCUT2D eigenvalue weighted by Crippen LogP contribution is 2.28. The van der Waals surface area contributed by atoms with Crippen LogP contribution in [0.5, 0.6) is 0 Å². The van der Waals surface area contributed by atoms with Gasteiger partial charge in [0.05, 0.1) is 0 Å². The zero-order chi connectivity index (χ0) is 17.7. The molecule has 2 aromatic carbocycles. The Hall–Kier alpha value is -1.75. The number of likely N-dealkylation sites (tertiary alicyclic amines) is 1. The Morgan fingerprint density at radius 1 is 1.12 bits per heavy atom. The normalized spacial score (nSPS) is 21.6. The van der Waals surface area contributed by atoms with Crippen LogP contribution in [-0.4, -0.2) is 42.0 Å². The van der Waals surface area contributed by atoms with Crippen molar-refractivity contribution in [2.24, 2.45) is 5.73 Å². The van der Waals surface area contributed by atoms with Crippen LogP contribution in [0.1, 0.15) is 24.0 Å². The molecule has 0 spiro atoms. The average molecular weight is 341 g/mol. The lowest BCUT2D eigenvalue weighted by Gasteiger charge is -2.48. The predicted octanol–water partition coefficient (Wildman–Crippen LogP) is 3.25. The van der Waals surface area contributed by atoms with Gasteiger partial charge in [0.15, 0.2) is 0 Å². The molecule has 1 saturated heterocycles. The van der Waals surface area contributed by atoms with Crippen molar-refractivity contribution < 1.29 is 4.39 Å². The van der Waals surface area contributed by atoms with E-state index < -0.39 is 0 Å². The van der Waals surface area contributed by atoms with Crippen molar-refractivity contribution in [3.63, 3.8) is 0 Å². The Bertz CT molecular complexity index is 676. The van der Waals surface area contributed by atoms with Gasteiger partial charge in [-0.3, -0.25) is 9.80 Å². The van der Waals surface area contributed by atoms with E-state index in [1.807, 2.05) is 18.2 Å². The van der Waals surface area contributed by atoms with Crippen molar-refractivity contribution in [3.05, 3.63) is 71.5 Å². The maximum Gasteiger partial charge on any atom is 0.127 e. The lowest BCUT2D eigenvalue weighted by atomic mass is 9.86. The van der Waals surface area contributed by atoms with Crippen molar-refractivity contribution >= 4 is 0 Å². The van der Waals surface area contributed by atoms with Gasteiger partial charge in [-0.05, 0) is 38.1 Å². The summed E-state index contributed by atoms with van der Waals surface area (Å²) in [7, 11) is 2.07. The molecule has 4 heteroatoms. The number of hydrogen-bond acceptors (Lipinski definition) is 3. The minimum Gasteiger partial charge on any atom is -0.329 e. The summed E-state index contributed by atoms with van der Waals surface area (Å²) < 4.78 is 14.0. The van der Waals surface area contributed by atoms with E-state index in [2.05, 4.69) is 41.1 Å². The zero-order valence-corrected chi connectivity index (χ0v) is 15.0. The predicted molar refractivity (Wildman–Crippen MR) is 101 cm³/mol. The monoisotopic (exact) mass is 341 g/mol. The largest absolute Gasteiger partial charge is 0.329 e. The summed E-state index contributed by atoms with van der Waals surface area (Å²) in [6.07, 6.45) is 2.17. The Balaban J connectivity index is 1.71. The summed E-state index contributed by atoms with van der Waals surface area (Å²) in [5, 5.41) is 0. The lowest BCUT2D eigenvalue weighted by Crippen LogP contribution is -2.61. The van der Waals surface area contributed by atoms with Crippen molar-refractivity contribution in [1.82, 2.24) is 9.80 Å². The van der Waals surface area contributed by atoms with E-state index in [9.17, 15) is 4.39 Å². The minimum atomic E-state index is -0.140. The molecule has 1 unspecified atom stereocenters. The van der Waals surface area contributed by atoms with Crippen LogP contribution in [0.25, 0.3) is 0 Å². The third kappa shape index (κ3) is 4.27. The van der Waals surface area contributed by atoms with Crippen LogP contribution in [0.2, 0.25) is 0 Å². The Labute approximate surface area is 150 Å². The number of rotatable bonds is 6. The average Bonchev–Trinajstić information content (AvgIpc) is 2.64. The second kappa shape index (κ2) is 8.09. The van der Waals surface area contributed by atoms with Crippen LogP contribution in [0, 0.1) is 5.82 Å². The third-order valence-electron chi connectivity index (χ3n) is 5.44. The first-order chi connectivity index (χ1) is 12.1. The zero-order valence-electron chi connectivity index (χ0n) is 15.0. The molecule has 1 heterocycles. The molecule has 25 heavy (non-hydrogen) atoms. The molecule has 3 rings (SSSR count). The van der Waals surface area contributed by atoms with E-state index in [0.29, 0.717) is 13.1 Å². The van der Waals surface area contributed by atoms with Gasteiger partial charge in [0.1, 0.15) is 5.82 Å². The van der Waals surface area contributed by atoms with Crippen LogP contribution in [0.3, 0.4) is 0 Å². The molecule has 2 N–H and O–H groups in total. The lowest BCUT2D eigenvalue weighted by molar-refractivity contribution is 0.0250. The number of halogens is 1. The molecule has 0 aliphatic carbocycles. The standard InChI is InChI=1S/C21H28FN3/c1-24(15-19-10-5-6-11-20(19)22)21(16-23)12-7-13-25(17-21)14-18-8-3-2-4-9-18/h2-6,8-11H,7,12-17,23H2,1H3. The fourth-order valence-corrected chi connectivity index (χ4v) is 3.87. The van der Waals surface area contributed by atoms with Gasteiger partial charge >= 0.3 is 0 Å². The smallest absolute Gasteiger partial charge is 0.127 e. The summed E-state index contributed by atoms with van der Waals surface area (Å²) in [6.45, 7) is 4.12. The molecule has 2 aromatic rings. The van der Waals surface area contributed by atoms with E-state index in [1.54, 1.807) is 6.07 Å². The number of likely N-dealkylation sites (N-methyl/N-ethyl adjacent to an activating group) is 1. The van der Waals surface area contributed by atoms with E-state index in [1.165, 1.54) is 11.6 Å². The van der Waals surface area contributed by atoms with Crippen molar-refractivity contribution in [1.29, 1.82) is 0 Å². The van der Waals surface area contributed by atoms with Gasteiger partial charge < -0.3 is 5.73 Å². The molecule has 1 aliphatic heterocycles. The van der Waals surface area contributed by atoms with Crippen LogP contribution in [-0.2, 0) is 13.1 Å². The molecule has 3 nitrogen and oxygen atoms in total. The highest BCUT2D eigenvalue weighted by molar-refractivity contribution is 5.18. The maximum absolute atomic E-state index is 14.0. The topological polar surface area (TPSA) is 32.5 Å². The molecular formula is C21H28FN3. The number of nitrogens with zero attached hydrogens (tertiary/aromatic N) is 2. The van der Waals surface area contributed by atoms with E-state index in [4.69, 9.17) is 5.73 Å². The highest BCUT2D eigenvalue weighted by Gasteiger charge is 2.38. The second-order valence-corrected chi connectivity index (χ2v) is 7.18. The van der Waals surface area contributed by atoms with Crippen molar-refractivity contribution in [3.8, 4) is 0 Å². The summed E-state index contributed by atoms with van der Waals surface area (Å²) in [4.78, 5) is 4.73. The molecule has 134 valence electrons. The first-order valence-electron chi connectivity index (χ1n) is 9.04. The van der Waals surface area contributed by atoms with Gasteiger partial charge in [-0.25, -0.2) is 4.39 Å². The number of piperidine rings is 1. The fraction of sp³-hybridized carbons (Fsp3) is 0.429. The SMILES string of the molecule is CN(Cc1ccccc1F)C1(CN)CCCN(Cc2ccccc2)C1. The summed E-state index contributed by atoms with van der Waals surface area (Å²) >= 11 is 0. The van der Waals surface area contributed by atoms with Crippen LogP contribution < -0.4 is 5.73 Å². The Morgan fingerprint density at radius 3 is 2.56 bits per heavy atom.